The fourth-order valence-electron chi connectivity index (χ4n) is 4.33. The van der Waals surface area contributed by atoms with Gasteiger partial charge in [0.2, 0.25) is 0 Å². The summed E-state index contributed by atoms with van der Waals surface area (Å²) >= 11 is 0. The number of fused-ring (bicyclic) bond motifs is 1. The van der Waals surface area contributed by atoms with E-state index in [1.54, 1.807) is 34.2 Å². The van der Waals surface area contributed by atoms with Crippen LogP contribution < -0.4 is 4.90 Å². The zero-order chi connectivity index (χ0) is 20.8. The SMILES string of the molecule is O=C(c1cnn2ccc(N3C[C@@H](F)C[C@@H]3c3cccc(F)c3)nc12)N1CC[C@H](O)C1. The number of halogens is 2. The summed E-state index contributed by atoms with van der Waals surface area (Å²) in [5.74, 6) is -0.0970. The number of anilines is 1. The number of rotatable bonds is 3. The number of amides is 1. The van der Waals surface area contributed by atoms with Crippen LogP contribution in [0.5, 0.6) is 0 Å². The van der Waals surface area contributed by atoms with Gasteiger partial charge in [0.15, 0.2) is 5.65 Å². The van der Waals surface area contributed by atoms with Gasteiger partial charge in [0, 0.05) is 25.7 Å². The van der Waals surface area contributed by atoms with Crippen LogP contribution in [0.1, 0.15) is 34.8 Å². The Balaban J connectivity index is 1.50. The molecule has 2 fully saturated rings. The molecule has 156 valence electrons. The number of nitrogens with zero attached hydrogens (tertiary/aromatic N) is 5. The number of hydrogen-bond acceptors (Lipinski definition) is 5. The van der Waals surface area contributed by atoms with Crippen molar-refractivity contribution < 1.29 is 18.7 Å². The maximum Gasteiger partial charge on any atom is 0.259 e. The third-order valence-corrected chi connectivity index (χ3v) is 5.81. The van der Waals surface area contributed by atoms with Gasteiger partial charge < -0.3 is 14.9 Å². The van der Waals surface area contributed by atoms with E-state index >= 15 is 0 Å². The molecule has 3 aromatic rings. The number of aliphatic hydroxyl groups is 1. The minimum absolute atomic E-state index is 0.139. The van der Waals surface area contributed by atoms with E-state index in [9.17, 15) is 18.7 Å². The standard InChI is InChI=1S/C21H21F2N5O2/c22-14-3-1-2-13(8-14)18-9-15(23)11-27(18)19-5-7-28-20(25-19)17(10-24-28)21(30)26-6-4-16(29)12-26/h1-3,5,7-8,10,15-16,18,29H,4,6,9,11-12H2/t15-,16-,18+/m0/s1. The summed E-state index contributed by atoms with van der Waals surface area (Å²) in [4.78, 5) is 20.9. The molecule has 2 aliphatic rings. The first kappa shape index (κ1) is 18.9. The lowest BCUT2D eigenvalue weighted by molar-refractivity contribution is 0.0766. The first-order chi connectivity index (χ1) is 14.5. The van der Waals surface area contributed by atoms with Gasteiger partial charge in [-0.1, -0.05) is 12.1 Å². The molecule has 5 rings (SSSR count). The second-order valence-electron chi connectivity index (χ2n) is 7.86. The van der Waals surface area contributed by atoms with E-state index in [2.05, 4.69) is 10.1 Å². The van der Waals surface area contributed by atoms with E-state index in [-0.39, 0.29) is 37.3 Å². The van der Waals surface area contributed by atoms with Crippen molar-refractivity contribution in [3.05, 3.63) is 59.7 Å². The zero-order valence-corrected chi connectivity index (χ0v) is 16.2. The van der Waals surface area contributed by atoms with E-state index in [1.165, 1.54) is 22.8 Å². The first-order valence-corrected chi connectivity index (χ1v) is 9.97. The smallest absolute Gasteiger partial charge is 0.259 e. The highest BCUT2D eigenvalue weighted by Crippen LogP contribution is 2.37. The van der Waals surface area contributed by atoms with Gasteiger partial charge in [-0.3, -0.25) is 4.79 Å². The van der Waals surface area contributed by atoms with Crippen molar-refractivity contribution in [3.63, 3.8) is 0 Å². The van der Waals surface area contributed by atoms with E-state index < -0.39 is 12.3 Å². The molecule has 1 N–H and O–H groups in total. The molecule has 0 bridgehead atoms. The molecular formula is C21H21F2N5O2. The van der Waals surface area contributed by atoms with Gasteiger partial charge in [0.25, 0.3) is 5.91 Å². The molecular weight excluding hydrogens is 392 g/mol. The van der Waals surface area contributed by atoms with E-state index in [0.29, 0.717) is 35.6 Å². The topological polar surface area (TPSA) is 74.0 Å². The summed E-state index contributed by atoms with van der Waals surface area (Å²) in [6, 6.07) is 7.55. The molecule has 0 spiro atoms. The summed E-state index contributed by atoms with van der Waals surface area (Å²) in [5.41, 5.74) is 1.40. The molecule has 0 saturated carbocycles. The number of carbonyl (C=O) groups is 1. The fraction of sp³-hybridized carbons (Fsp3) is 0.381. The Labute approximate surface area is 171 Å². The normalized spacial score (nSPS) is 24.2. The van der Waals surface area contributed by atoms with Gasteiger partial charge in [-0.05, 0) is 30.2 Å². The minimum Gasteiger partial charge on any atom is -0.391 e. The third-order valence-electron chi connectivity index (χ3n) is 5.81. The van der Waals surface area contributed by atoms with Crippen LogP contribution >= 0.6 is 0 Å². The van der Waals surface area contributed by atoms with Crippen LogP contribution in [-0.4, -0.2) is 62.4 Å². The van der Waals surface area contributed by atoms with Gasteiger partial charge in [0.1, 0.15) is 23.4 Å². The van der Waals surface area contributed by atoms with Crippen molar-refractivity contribution in [3.8, 4) is 0 Å². The second-order valence-corrected chi connectivity index (χ2v) is 7.86. The summed E-state index contributed by atoms with van der Waals surface area (Å²) in [6.45, 7) is 0.904. The largest absolute Gasteiger partial charge is 0.391 e. The molecule has 7 nitrogen and oxygen atoms in total. The summed E-state index contributed by atoms with van der Waals surface area (Å²) in [7, 11) is 0. The number of aliphatic hydroxyl groups excluding tert-OH is 1. The Kier molecular flexibility index (Phi) is 4.62. The van der Waals surface area contributed by atoms with E-state index in [4.69, 9.17) is 0 Å². The molecule has 0 unspecified atom stereocenters. The molecule has 4 heterocycles. The lowest BCUT2D eigenvalue weighted by atomic mass is 10.0. The number of aromatic nitrogens is 3. The van der Waals surface area contributed by atoms with E-state index in [1.807, 2.05) is 0 Å². The Morgan fingerprint density at radius 2 is 2.10 bits per heavy atom. The highest BCUT2D eigenvalue weighted by atomic mass is 19.1. The van der Waals surface area contributed by atoms with Crippen LogP contribution in [0.15, 0.2) is 42.7 Å². The average molecular weight is 413 g/mol. The number of benzene rings is 1. The van der Waals surface area contributed by atoms with Crippen molar-refractivity contribution in [2.24, 2.45) is 0 Å². The molecule has 1 aromatic carbocycles. The predicted molar refractivity (Wildman–Crippen MR) is 106 cm³/mol. The lowest BCUT2D eigenvalue weighted by Gasteiger charge is -2.26. The monoisotopic (exact) mass is 413 g/mol. The number of likely N-dealkylation sites (tertiary alicyclic amines) is 1. The molecule has 3 atom stereocenters. The molecule has 9 heteroatoms. The van der Waals surface area contributed by atoms with Crippen LogP contribution in [0.3, 0.4) is 0 Å². The number of β-amino-alcohol motifs (C(OH)–C–C–N with tert-alkyl or cyclic N) is 1. The second kappa shape index (κ2) is 7.32. The average Bonchev–Trinajstić information content (AvgIpc) is 3.45. The van der Waals surface area contributed by atoms with Crippen molar-refractivity contribution in [1.82, 2.24) is 19.5 Å². The van der Waals surface area contributed by atoms with Crippen LogP contribution in [0.25, 0.3) is 5.65 Å². The van der Waals surface area contributed by atoms with Gasteiger partial charge in [-0.15, -0.1) is 0 Å². The summed E-state index contributed by atoms with van der Waals surface area (Å²) < 4.78 is 29.6. The quantitative estimate of drug-likeness (QED) is 0.714. The van der Waals surface area contributed by atoms with Crippen LogP contribution in [0, 0.1) is 5.82 Å². The van der Waals surface area contributed by atoms with Gasteiger partial charge in [0.05, 0.1) is 24.9 Å². The molecule has 2 saturated heterocycles. The zero-order valence-electron chi connectivity index (χ0n) is 16.2. The molecule has 1 amide bonds. The highest BCUT2D eigenvalue weighted by molar-refractivity contribution is 6.00. The van der Waals surface area contributed by atoms with Crippen LogP contribution in [0.4, 0.5) is 14.6 Å². The Morgan fingerprint density at radius 3 is 2.87 bits per heavy atom. The highest BCUT2D eigenvalue weighted by Gasteiger charge is 2.35. The number of alkyl halides is 1. The first-order valence-electron chi connectivity index (χ1n) is 9.97. The maximum atomic E-state index is 14.3. The van der Waals surface area contributed by atoms with E-state index in [0.717, 1.165) is 0 Å². The van der Waals surface area contributed by atoms with Crippen LogP contribution in [0.2, 0.25) is 0 Å². The maximum absolute atomic E-state index is 14.3. The van der Waals surface area contributed by atoms with Crippen molar-refractivity contribution in [2.75, 3.05) is 24.5 Å². The van der Waals surface area contributed by atoms with Crippen LogP contribution in [-0.2, 0) is 0 Å². The third kappa shape index (κ3) is 3.28. The lowest BCUT2D eigenvalue weighted by Crippen LogP contribution is -2.29. The Bertz CT molecular complexity index is 1100. The molecule has 30 heavy (non-hydrogen) atoms. The van der Waals surface area contributed by atoms with Gasteiger partial charge in [-0.2, -0.15) is 5.10 Å². The summed E-state index contributed by atoms with van der Waals surface area (Å²) in [6.07, 6.45) is 2.36. The minimum atomic E-state index is -1.06. The molecule has 0 radical (unpaired) electrons. The molecule has 0 aliphatic carbocycles. The predicted octanol–water partition coefficient (Wildman–Crippen LogP) is 2.36. The Morgan fingerprint density at radius 1 is 1.23 bits per heavy atom. The number of hydrogen-bond donors (Lipinski definition) is 1. The Hall–Kier alpha value is -3.07. The van der Waals surface area contributed by atoms with Gasteiger partial charge >= 0.3 is 0 Å². The molecule has 2 aromatic heterocycles. The van der Waals surface area contributed by atoms with Crippen molar-refractivity contribution in [2.45, 2.75) is 31.2 Å². The van der Waals surface area contributed by atoms with Gasteiger partial charge in [-0.25, -0.2) is 18.3 Å². The van der Waals surface area contributed by atoms with Crippen molar-refractivity contribution >= 4 is 17.4 Å². The fourth-order valence-corrected chi connectivity index (χ4v) is 4.33. The van der Waals surface area contributed by atoms with Crippen molar-refractivity contribution in [1.29, 1.82) is 0 Å². The number of carbonyl (C=O) groups excluding carboxylic acids is 1. The summed E-state index contributed by atoms with van der Waals surface area (Å²) in [5, 5.41) is 13.9. The molecule has 2 aliphatic heterocycles.